The van der Waals surface area contributed by atoms with Gasteiger partial charge in [0.2, 0.25) is 0 Å². The van der Waals surface area contributed by atoms with Crippen LogP contribution in [0.5, 0.6) is 5.75 Å². The van der Waals surface area contributed by atoms with Crippen molar-refractivity contribution in [3.63, 3.8) is 0 Å². The summed E-state index contributed by atoms with van der Waals surface area (Å²) in [6, 6.07) is 13.1. The van der Waals surface area contributed by atoms with E-state index < -0.39 is 0 Å². The van der Waals surface area contributed by atoms with E-state index in [2.05, 4.69) is 10.1 Å². The van der Waals surface area contributed by atoms with Crippen molar-refractivity contribution in [1.82, 2.24) is 4.98 Å². The van der Waals surface area contributed by atoms with Gasteiger partial charge in [-0.3, -0.25) is 9.99 Å². The minimum absolute atomic E-state index is 0.139. The number of para-hydroxylation sites is 1. The van der Waals surface area contributed by atoms with E-state index in [4.69, 9.17) is 0 Å². The highest BCUT2D eigenvalue weighted by Gasteiger charge is 2.06. The zero-order valence-electron chi connectivity index (χ0n) is 10.4. The number of nitrogens with zero attached hydrogens (tertiary/aromatic N) is 3. The maximum absolute atomic E-state index is 9.70. The average Bonchev–Trinajstić information content (AvgIpc) is 2.40. The molecule has 0 atom stereocenters. The normalized spacial score (nSPS) is 11.3. The second kappa shape index (κ2) is 5.31. The molecule has 1 aromatic carbocycles. The van der Waals surface area contributed by atoms with Crippen LogP contribution in [-0.2, 0) is 0 Å². The lowest BCUT2D eigenvalue weighted by atomic mass is 10.2. The van der Waals surface area contributed by atoms with Gasteiger partial charge >= 0.3 is 0 Å². The molecular formula is C14H15N3O. The van der Waals surface area contributed by atoms with Crippen LogP contribution in [0.25, 0.3) is 0 Å². The first-order valence-corrected chi connectivity index (χ1v) is 5.67. The fourth-order valence-electron chi connectivity index (χ4n) is 1.65. The summed E-state index contributed by atoms with van der Waals surface area (Å²) in [7, 11) is 1.86. The van der Waals surface area contributed by atoms with Crippen LogP contribution in [0, 0.1) is 0 Å². The van der Waals surface area contributed by atoms with Crippen LogP contribution in [0.15, 0.2) is 53.8 Å². The summed E-state index contributed by atoms with van der Waals surface area (Å²) in [5.41, 5.74) is 2.15. The molecule has 0 fully saturated rings. The molecule has 18 heavy (non-hydrogen) atoms. The Kier molecular flexibility index (Phi) is 3.57. The molecule has 0 aliphatic heterocycles. The first-order valence-electron chi connectivity index (χ1n) is 5.67. The minimum atomic E-state index is 0.139. The van der Waals surface area contributed by atoms with Gasteiger partial charge in [0, 0.05) is 13.2 Å². The van der Waals surface area contributed by atoms with Crippen LogP contribution >= 0.6 is 0 Å². The maximum atomic E-state index is 9.70. The lowest BCUT2D eigenvalue weighted by Crippen LogP contribution is -2.12. The molecule has 92 valence electrons. The Morgan fingerprint density at radius 1 is 1.17 bits per heavy atom. The molecule has 0 aliphatic carbocycles. The topological polar surface area (TPSA) is 48.7 Å². The summed E-state index contributed by atoms with van der Waals surface area (Å²) >= 11 is 0. The SMILES string of the molecule is CC(=NN(C)c1ccccc1)c1ncccc1O. The van der Waals surface area contributed by atoms with Crippen molar-refractivity contribution in [1.29, 1.82) is 0 Å². The third kappa shape index (κ3) is 2.66. The number of anilines is 1. The molecule has 1 N–H and O–H groups in total. The van der Waals surface area contributed by atoms with Gasteiger partial charge < -0.3 is 5.11 Å². The Labute approximate surface area is 106 Å². The fourth-order valence-corrected chi connectivity index (χ4v) is 1.65. The smallest absolute Gasteiger partial charge is 0.143 e. The third-order valence-corrected chi connectivity index (χ3v) is 2.56. The van der Waals surface area contributed by atoms with Gasteiger partial charge in [-0.25, -0.2) is 0 Å². The number of hydrogen-bond donors (Lipinski definition) is 1. The van der Waals surface area contributed by atoms with Gasteiger partial charge in [-0.05, 0) is 31.2 Å². The highest BCUT2D eigenvalue weighted by atomic mass is 16.3. The Morgan fingerprint density at radius 3 is 2.56 bits per heavy atom. The van der Waals surface area contributed by atoms with Crippen molar-refractivity contribution in [2.75, 3.05) is 12.1 Å². The van der Waals surface area contributed by atoms with Gasteiger partial charge in [0.15, 0.2) is 0 Å². The predicted molar refractivity (Wildman–Crippen MR) is 73.0 cm³/mol. The Morgan fingerprint density at radius 2 is 1.89 bits per heavy atom. The molecule has 0 amide bonds. The highest BCUT2D eigenvalue weighted by Crippen LogP contribution is 2.16. The van der Waals surface area contributed by atoms with Crippen LogP contribution in [0.2, 0.25) is 0 Å². The van der Waals surface area contributed by atoms with Crippen molar-refractivity contribution in [3.8, 4) is 5.75 Å². The van der Waals surface area contributed by atoms with Crippen LogP contribution in [0.4, 0.5) is 5.69 Å². The largest absolute Gasteiger partial charge is 0.506 e. The van der Waals surface area contributed by atoms with Gasteiger partial charge in [0.05, 0.1) is 11.4 Å². The molecule has 1 aromatic heterocycles. The van der Waals surface area contributed by atoms with Crippen molar-refractivity contribution in [3.05, 3.63) is 54.4 Å². The number of benzene rings is 1. The van der Waals surface area contributed by atoms with Gasteiger partial charge in [-0.1, -0.05) is 18.2 Å². The molecule has 0 bridgehead atoms. The predicted octanol–water partition coefficient (Wildman–Crippen LogP) is 2.65. The monoisotopic (exact) mass is 241 g/mol. The van der Waals surface area contributed by atoms with Crippen molar-refractivity contribution < 1.29 is 5.11 Å². The van der Waals surface area contributed by atoms with Crippen molar-refractivity contribution in [2.45, 2.75) is 6.92 Å². The molecule has 0 saturated carbocycles. The molecule has 2 rings (SSSR count). The molecule has 1 heterocycles. The molecule has 0 aliphatic rings. The molecule has 4 heteroatoms. The zero-order chi connectivity index (χ0) is 13.0. The summed E-state index contributed by atoms with van der Waals surface area (Å²) in [4.78, 5) is 4.12. The summed E-state index contributed by atoms with van der Waals surface area (Å²) in [5.74, 6) is 0.139. The van der Waals surface area contributed by atoms with Crippen molar-refractivity contribution in [2.24, 2.45) is 5.10 Å². The van der Waals surface area contributed by atoms with Crippen LogP contribution < -0.4 is 5.01 Å². The van der Waals surface area contributed by atoms with E-state index in [1.165, 1.54) is 0 Å². The standard InChI is InChI=1S/C14H15N3O/c1-11(14-13(18)9-6-10-15-14)16-17(2)12-7-4-3-5-8-12/h3-10,18H,1-2H3. The maximum Gasteiger partial charge on any atom is 0.143 e. The number of rotatable bonds is 3. The molecule has 4 nitrogen and oxygen atoms in total. The van der Waals surface area contributed by atoms with E-state index >= 15 is 0 Å². The van der Waals surface area contributed by atoms with E-state index in [-0.39, 0.29) is 5.75 Å². The first kappa shape index (κ1) is 12.1. The second-order valence-corrected chi connectivity index (χ2v) is 3.92. The Bertz CT molecular complexity index is 552. The van der Waals surface area contributed by atoms with Crippen LogP contribution in [-0.4, -0.2) is 22.8 Å². The second-order valence-electron chi connectivity index (χ2n) is 3.92. The van der Waals surface area contributed by atoms with Gasteiger partial charge in [-0.2, -0.15) is 5.10 Å². The number of aromatic nitrogens is 1. The Balaban J connectivity index is 2.26. The molecule has 2 aromatic rings. The molecule has 0 unspecified atom stereocenters. The van der Waals surface area contributed by atoms with Crippen LogP contribution in [0.3, 0.4) is 0 Å². The van der Waals surface area contributed by atoms with E-state index in [1.54, 1.807) is 23.3 Å². The fraction of sp³-hybridized carbons (Fsp3) is 0.143. The van der Waals surface area contributed by atoms with Gasteiger partial charge in [0.1, 0.15) is 11.4 Å². The Hall–Kier alpha value is -2.36. The molecule has 0 spiro atoms. The quantitative estimate of drug-likeness (QED) is 0.664. The average molecular weight is 241 g/mol. The number of hydrazone groups is 1. The lowest BCUT2D eigenvalue weighted by molar-refractivity contribution is 0.471. The molecule has 0 radical (unpaired) electrons. The van der Waals surface area contributed by atoms with E-state index in [0.717, 1.165) is 5.69 Å². The zero-order valence-corrected chi connectivity index (χ0v) is 10.4. The van der Waals surface area contributed by atoms with E-state index in [0.29, 0.717) is 11.4 Å². The van der Waals surface area contributed by atoms with E-state index in [9.17, 15) is 5.11 Å². The molecular weight excluding hydrogens is 226 g/mol. The first-order chi connectivity index (χ1) is 8.68. The summed E-state index contributed by atoms with van der Waals surface area (Å²) in [6.45, 7) is 1.82. The van der Waals surface area contributed by atoms with Gasteiger partial charge in [0.25, 0.3) is 0 Å². The summed E-state index contributed by atoms with van der Waals surface area (Å²) in [5, 5.41) is 15.9. The third-order valence-electron chi connectivity index (χ3n) is 2.56. The van der Waals surface area contributed by atoms with E-state index in [1.807, 2.05) is 44.3 Å². The molecule has 0 saturated heterocycles. The number of hydrogen-bond acceptors (Lipinski definition) is 4. The lowest BCUT2D eigenvalue weighted by Gasteiger charge is -2.14. The number of pyridine rings is 1. The highest BCUT2D eigenvalue weighted by molar-refractivity contribution is 5.99. The summed E-state index contributed by atoms with van der Waals surface area (Å²) in [6.07, 6.45) is 1.64. The van der Waals surface area contributed by atoms with Crippen molar-refractivity contribution >= 4 is 11.4 Å². The van der Waals surface area contributed by atoms with Crippen LogP contribution in [0.1, 0.15) is 12.6 Å². The number of aromatic hydroxyl groups is 1. The van der Waals surface area contributed by atoms with Gasteiger partial charge in [-0.15, -0.1) is 0 Å². The summed E-state index contributed by atoms with van der Waals surface area (Å²) < 4.78 is 0. The minimum Gasteiger partial charge on any atom is -0.506 e.